The Morgan fingerprint density at radius 3 is 2.71 bits per heavy atom. The van der Waals surface area contributed by atoms with Crippen LogP contribution in [0.25, 0.3) is 6.08 Å². The van der Waals surface area contributed by atoms with E-state index in [0.717, 1.165) is 11.4 Å². The lowest BCUT2D eigenvalue weighted by Crippen LogP contribution is -3.00. The summed E-state index contributed by atoms with van der Waals surface area (Å²) in [4.78, 5) is 4.48. The first-order chi connectivity index (χ1) is 6.40. The van der Waals surface area contributed by atoms with E-state index in [1.165, 1.54) is 5.56 Å². The van der Waals surface area contributed by atoms with Crippen molar-refractivity contribution in [2.45, 2.75) is 6.92 Å². The molecule has 0 aromatic heterocycles. The maximum Gasteiger partial charge on any atom is 0.285 e. The Balaban J connectivity index is 0.000000980. The second-order valence-corrected chi connectivity index (χ2v) is 2.93. The average Bonchev–Trinajstić information content (AvgIpc) is 2.18. The van der Waals surface area contributed by atoms with E-state index in [0.29, 0.717) is 0 Å². The van der Waals surface area contributed by atoms with Crippen LogP contribution in [-0.4, -0.2) is 5.71 Å². The topological polar surface area (TPSA) is 14.1 Å². The van der Waals surface area contributed by atoms with Crippen LogP contribution < -0.4 is 29.0 Å². The molecule has 0 aliphatic carbocycles. The fraction of sp³-hybridized carbons (Fsp3) is 0.0833. The number of hydrogen-bond acceptors (Lipinski definition) is 1. The number of para-hydroxylation sites is 1. The number of rotatable bonds is 1. The molecule has 1 radical (unpaired) electrons. The van der Waals surface area contributed by atoms with Gasteiger partial charge in [-0.2, -0.15) is 0 Å². The van der Waals surface area contributed by atoms with Gasteiger partial charge >= 0.3 is 0 Å². The number of hydrogen-bond donors (Lipinski definition) is 0. The van der Waals surface area contributed by atoms with Crippen molar-refractivity contribution >= 4 is 17.5 Å². The zero-order valence-electron chi connectivity index (χ0n) is 7.94. The lowest BCUT2D eigenvalue weighted by molar-refractivity contribution is -0.00000266. The number of nitrogens with zero attached hydrogens (tertiary/aromatic N) is 1. The van der Waals surface area contributed by atoms with Gasteiger partial charge in [0.2, 0.25) is 0 Å². The van der Waals surface area contributed by atoms with Crippen molar-refractivity contribution in [3.05, 3.63) is 48.1 Å². The summed E-state index contributed by atoms with van der Waals surface area (Å²) in [5.41, 5.74) is 3.26. The highest BCUT2D eigenvalue weighted by Gasteiger charge is 2.15. The molecule has 1 heterocycles. The van der Waals surface area contributed by atoms with Crippen molar-refractivity contribution in [3.63, 3.8) is 0 Å². The Bertz CT molecular complexity index is 403. The first-order valence-corrected chi connectivity index (χ1v) is 4.38. The first kappa shape index (κ1) is 11.2. The van der Waals surface area contributed by atoms with Crippen LogP contribution in [-0.2, 0) is 0 Å². The second-order valence-electron chi connectivity index (χ2n) is 2.93. The largest absolute Gasteiger partial charge is 1.00 e. The molecule has 1 aromatic rings. The zero-order valence-corrected chi connectivity index (χ0v) is 10.1. The molecule has 0 N–H and O–H groups in total. The summed E-state index contributed by atoms with van der Waals surface area (Å²) in [6.45, 7) is 2.00. The lowest BCUT2D eigenvalue weighted by atomic mass is 10.1. The van der Waals surface area contributed by atoms with Crippen LogP contribution in [0, 0.1) is 0 Å². The fourth-order valence-electron chi connectivity index (χ4n) is 1.35. The molecule has 1 aliphatic heterocycles. The van der Waals surface area contributed by atoms with Gasteiger partial charge in [-0.1, -0.05) is 18.2 Å². The predicted molar refractivity (Wildman–Crippen MR) is 57.1 cm³/mol. The summed E-state index contributed by atoms with van der Waals surface area (Å²) < 4.78 is 0. The molecule has 1 aromatic carbocycles. The molecular formula is C12H11IN. The molecule has 0 unspecified atom stereocenters. The number of fused-ring (bicyclic) bond motifs is 1. The highest BCUT2D eigenvalue weighted by molar-refractivity contribution is 6.08. The van der Waals surface area contributed by atoms with E-state index < -0.39 is 0 Å². The Labute approximate surface area is 101 Å². The van der Waals surface area contributed by atoms with E-state index in [1.54, 1.807) is 0 Å². The standard InChI is InChI=1S/C12H11N.HI/c1-2-5-11-9-8-10-6-3-4-7-12(10)13-11;/h2-9H,1H3;1H/q+1;/p-1. The van der Waals surface area contributed by atoms with Gasteiger partial charge in [-0.05, 0) is 19.1 Å². The monoisotopic (exact) mass is 296 g/mol. The van der Waals surface area contributed by atoms with Crippen LogP contribution in [0.2, 0.25) is 0 Å². The van der Waals surface area contributed by atoms with Crippen LogP contribution in [0.3, 0.4) is 0 Å². The molecule has 0 saturated carbocycles. The maximum absolute atomic E-state index is 4.48. The minimum Gasteiger partial charge on any atom is -1.00 e. The van der Waals surface area contributed by atoms with E-state index in [2.05, 4.69) is 17.1 Å². The van der Waals surface area contributed by atoms with E-state index in [9.17, 15) is 0 Å². The van der Waals surface area contributed by atoms with E-state index >= 15 is 0 Å². The zero-order chi connectivity index (χ0) is 9.10. The summed E-state index contributed by atoms with van der Waals surface area (Å²) in [5.74, 6) is 0. The molecular weight excluding hydrogens is 285 g/mol. The number of halogens is 1. The minimum atomic E-state index is 0. The van der Waals surface area contributed by atoms with Gasteiger partial charge in [-0.15, -0.1) is 0 Å². The van der Waals surface area contributed by atoms with Crippen molar-refractivity contribution in [1.82, 2.24) is 4.99 Å². The summed E-state index contributed by atoms with van der Waals surface area (Å²) in [5, 5.41) is 0. The maximum atomic E-state index is 4.48. The third kappa shape index (κ3) is 2.32. The molecule has 0 spiro atoms. The Kier molecular flexibility index (Phi) is 4.07. The van der Waals surface area contributed by atoms with Crippen molar-refractivity contribution in [2.24, 2.45) is 0 Å². The van der Waals surface area contributed by atoms with Crippen LogP contribution in [0.15, 0.2) is 42.5 Å². The molecule has 14 heavy (non-hydrogen) atoms. The van der Waals surface area contributed by atoms with Gasteiger partial charge in [0, 0.05) is 18.2 Å². The normalized spacial score (nSPS) is 13.4. The molecule has 1 aliphatic rings. The fourth-order valence-corrected chi connectivity index (χ4v) is 1.35. The van der Waals surface area contributed by atoms with Crippen molar-refractivity contribution in [1.29, 1.82) is 0 Å². The quantitative estimate of drug-likeness (QED) is 0.632. The number of aliphatic imine (C=N–C) groups is 1. The summed E-state index contributed by atoms with van der Waals surface area (Å²) >= 11 is 0. The summed E-state index contributed by atoms with van der Waals surface area (Å²) in [6.07, 6.45) is 8.13. The van der Waals surface area contributed by atoms with Crippen molar-refractivity contribution in [3.8, 4) is 0 Å². The molecule has 2 rings (SSSR count). The number of allylic oxidation sites excluding steroid dienone is 3. The molecule has 0 fully saturated rings. The lowest BCUT2D eigenvalue weighted by Gasteiger charge is -1.94. The SMILES string of the molecule is CC=CC1=[N+]c2ccccc2C=C1.[I-]. The van der Waals surface area contributed by atoms with Gasteiger partial charge in [0.05, 0.1) is 10.6 Å². The summed E-state index contributed by atoms with van der Waals surface area (Å²) in [6, 6.07) is 8.14. The Morgan fingerprint density at radius 2 is 1.93 bits per heavy atom. The van der Waals surface area contributed by atoms with Gasteiger partial charge in [-0.25, -0.2) is 0 Å². The van der Waals surface area contributed by atoms with Gasteiger partial charge in [0.1, 0.15) is 0 Å². The van der Waals surface area contributed by atoms with Gasteiger partial charge in [0.15, 0.2) is 0 Å². The van der Waals surface area contributed by atoms with Crippen LogP contribution in [0.1, 0.15) is 12.5 Å². The molecule has 0 atom stereocenters. The van der Waals surface area contributed by atoms with E-state index in [-0.39, 0.29) is 24.0 Å². The predicted octanol–water partition coefficient (Wildman–Crippen LogP) is -0.298. The molecule has 0 bridgehead atoms. The molecule has 71 valence electrons. The molecule has 2 heteroatoms. The van der Waals surface area contributed by atoms with Gasteiger partial charge in [-0.3, -0.25) is 0 Å². The van der Waals surface area contributed by atoms with E-state index in [1.807, 2.05) is 43.4 Å². The van der Waals surface area contributed by atoms with E-state index in [4.69, 9.17) is 0 Å². The average molecular weight is 296 g/mol. The van der Waals surface area contributed by atoms with Crippen molar-refractivity contribution < 1.29 is 24.0 Å². The van der Waals surface area contributed by atoms with Crippen LogP contribution >= 0.6 is 0 Å². The minimum absolute atomic E-state index is 0. The highest BCUT2D eigenvalue weighted by atomic mass is 127. The Morgan fingerprint density at radius 1 is 1.14 bits per heavy atom. The third-order valence-electron chi connectivity index (χ3n) is 1.96. The smallest absolute Gasteiger partial charge is 0.285 e. The molecule has 0 amide bonds. The van der Waals surface area contributed by atoms with Crippen LogP contribution in [0.4, 0.5) is 5.69 Å². The summed E-state index contributed by atoms with van der Waals surface area (Å²) in [7, 11) is 0. The second kappa shape index (κ2) is 5.10. The Hall–Kier alpha value is -0.900. The number of benzene rings is 1. The van der Waals surface area contributed by atoms with Crippen LogP contribution in [0.5, 0.6) is 0 Å². The van der Waals surface area contributed by atoms with Gasteiger partial charge < -0.3 is 24.0 Å². The van der Waals surface area contributed by atoms with Crippen molar-refractivity contribution in [2.75, 3.05) is 0 Å². The van der Waals surface area contributed by atoms with Gasteiger partial charge in [0.25, 0.3) is 11.4 Å². The highest BCUT2D eigenvalue weighted by Crippen LogP contribution is 2.18. The molecule has 1 nitrogen and oxygen atoms in total. The third-order valence-corrected chi connectivity index (χ3v) is 1.96. The first-order valence-electron chi connectivity index (χ1n) is 4.38. The molecule has 0 saturated heterocycles.